The molecule has 3 rings (SSSR count). The van der Waals surface area contributed by atoms with E-state index in [9.17, 15) is 9.59 Å². The molecule has 0 spiro atoms. The summed E-state index contributed by atoms with van der Waals surface area (Å²) in [5, 5.41) is 8.00. The maximum Gasteiger partial charge on any atom is 0.183 e. The Kier molecular flexibility index (Phi) is 2.79. The van der Waals surface area contributed by atoms with Gasteiger partial charge in [-0.3, -0.25) is 9.59 Å². The van der Waals surface area contributed by atoms with Gasteiger partial charge in [0, 0.05) is 12.0 Å². The molecule has 1 heterocycles. The smallest absolute Gasteiger partial charge is 0.183 e. The summed E-state index contributed by atoms with van der Waals surface area (Å²) >= 11 is 0. The third-order valence-electron chi connectivity index (χ3n) is 2.86. The Bertz CT molecular complexity index is 675. The average molecular weight is 252 g/mol. The highest BCUT2D eigenvalue weighted by atomic mass is 16.1. The van der Waals surface area contributed by atoms with Crippen molar-refractivity contribution in [1.82, 2.24) is 15.0 Å². The number of ketones is 2. The molecule has 1 radical (unpaired) electrons. The van der Waals surface area contributed by atoms with Crippen LogP contribution in [-0.4, -0.2) is 26.6 Å². The number of carbonyl (C=O) groups is 2. The highest BCUT2D eigenvalue weighted by Crippen LogP contribution is 2.18. The maximum absolute atomic E-state index is 11.6. The molecule has 0 aliphatic heterocycles. The second-order valence-electron chi connectivity index (χ2n) is 4.24. The van der Waals surface area contributed by atoms with Crippen LogP contribution in [0, 0.1) is 6.42 Å². The van der Waals surface area contributed by atoms with Gasteiger partial charge in [0.2, 0.25) is 0 Å². The summed E-state index contributed by atoms with van der Waals surface area (Å²) in [6.45, 7) is 0.253. The van der Waals surface area contributed by atoms with Crippen molar-refractivity contribution >= 4 is 17.1 Å². The predicted octanol–water partition coefficient (Wildman–Crippen LogP) is 1.07. The minimum atomic E-state index is -0.175. The number of rotatable bonds is 3. The number of aromatic nitrogens is 3. The zero-order valence-electron chi connectivity index (χ0n) is 9.98. The number of carbonyl (C=O) groups excluding carboxylic acids is 2. The number of nitrogens with zero attached hydrogens (tertiary/aromatic N) is 3. The minimum absolute atomic E-state index is 0.162. The topological polar surface area (TPSA) is 64.8 Å². The molecule has 2 aliphatic rings. The molecule has 0 atom stereocenters. The fourth-order valence-corrected chi connectivity index (χ4v) is 1.91. The minimum Gasteiger partial charge on any atom is -0.290 e. The van der Waals surface area contributed by atoms with E-state index < -0.39 is 0 Å². The number of hydrogen-bond donors (Lipinski definition) is 0. The second kappa shape index (κ2) is 4.61. The van der Waals surface area contributed by atoms with Gasteiger partial charge in [0.05, 0.1) is 12.7 Å². The molecule has 0 amide bonds. The average Bonchev–Trinajstić information content (AvgIpc) is 3.04. The summed E-state index contributed by atoms with van der Waals surface area (Å²) in [4.78, 5) is 22.9. The molecular weight excluding hydrogens is 242 g/mol. The van der Waals surface area contributed by atoms with Crippen molar-refractivity contribution < 1.29 is 9.59 Å². The van der Waals surface area contributed by atoms with Crippen LogP contribution in [0.25, 0.3) is 5.57 Å². The van der Waals surface area contributed by atoms with Crippen molar-refractivity contribution in [1.29, 1.82) is 0 Å². The van der Waals surface area contributed by atoms with Crippen molar-refractivity contribution in [3.63, 3.8) is 0 Å². The van der Waals surface area contributed by atoms with Crippen LogP contribution in [0.1, 0.15) is 5.69 Å². The van der Waals surface area contributed by atoms with E-state index in [1.807, 2.05) is 24.6 Å². The lowest BCUT2D eigenvalue weighted by molar-refractivity contribution is -0.114. The first-order valence-electron chi connectivity index (χ1n) is 5.81. The summed E-state index contributed by atoms with van der Waals surface area (Å²) in [5.41, 5.74) is 2.15. The lowest BCUT2D eigenvalue weighted by Gasteiger charge is -2.05. The molecule has 1 aromatic rings. The van der Waals surface area contributed by atoms with Crippen LogP contribution < -0.4 is 0 Å². The van der Waals surface area contributed by atoms with E-state index in [-0.39, 0.29) is 18.1 Å². The Balaban J connectivity index is 1.79. The van der Waals surface area contributed by atoms with Crippen LogP contribution in [0.4, 0.5) is 0 Å². The van der Waals surface area contributed by atoms with Crippen LogP contribution in [0.2, 0.25) is 0 Å². The molecule has 93 valence electrons. The van der Waals surface area contributed by atoms with E-state index in [1.54, 1.807) is 10.9 Å². The Morgan fingerprint density at radius 3 is 2.84 bits per heavy atom. The fourth-order valence-electron chi connectivity index (χ4n) is 1.91. The fraction of sp³-hybridized carbons (Fsp3) is 0.0714. The number of allylic oxidation sites excluding steroid dienone is 8. The Morgan fingerprint density at radius 1 is 1.16 bits per heavy atom. The zero-order valence-corrected chi connectivity index (χ0v) is 9.98. The molecule has 0 saturated carbocycles. The van der Waals surface area contributed by atoms with E-state index in [2.05, 4.69) is 10.3 Å². The lowest BCUT2D eigenvalue weighted by atomic mass is 10.0. The monoisotopic (exact) mass is 252 g/mol. The molecule has 19 heavy (non-hydrogen) atoms. The van der Waals surface area contributed by atoms with Gasteiger partial charge in [0.25, 0.3) is 0 Å². The van der Waals surface area contributed by atoms with Gasteiger partial charge in [-0.1, -0.05) is 23.4 Å². The van der Waals surface area contributed by atoms with Crippen LogP contribution >= 0.6 is 0 Å². The first kappa shape index (κ1) is 11.5. The van der Waals surface area contributed by atoms with Gasteiger partial charge in [-0.05, 0) is 23.8 Å². The van der Waals surface area contributed by atoms with E-state index in [1.165, 1.54) is 18.2 Å². The molecule has 5 heteroatoms. The van der Waals surface area contributed by atoms with Crippen molar-refractivity contribution in [3.8, 4) is 0 Å². The van der Waals surface area contributed by atoms with Crippen molar-refractivity contribution in [2.45, 2.75) is 6.54 Å². The summed E-state index contributed by atoms with van der Waals surface area (Å²) in [7, 11) is 0. The molecule has 0 fully saturated rings. The zero-order chi connectivity index (χ0) is 13.2. The first-order chi connectivity index (χ1) is 9.22. The molecule has 0 saturated heterocycles. The predicted molar refractivity (Wildman–Crippen MR) is 68.7 cm³/mol. The van der Waals surface area contributed by atoms with Crippen LogP contribution in [0.15, 0.2) is 48.2 Å². The van der Waals surface area contributed by atoms with Crippen LogP contribution in [0.5, 0.6) is 0 Å². The van der Waals surface area contributed by atoms with Crippen molar-refractivity contribution in [3.05, 3.63) is 60.3 Å². The molecule has 0 bridgehead atoms. The molecule has 5 nitrogen and oxygen atoms in total. The van der Waals surface area contributed by atoms with Crippen molar-refractivity contribution in [2.75, 3.05) is 0 Å². The third-order valence-corrected chi connectivity index (χ3v) is 2.86. The third kappa shape index (κ3) is 2.35. The van der Waals surface area contributed by atoms with Crippen LogP contribution in [-0.2, 0) is 16.1 Å². The summed E-state index contributed by atoms with van der Waals surface area (Å²) in [6.07, 6.45) is 13.4. The summed E-state index contributed by atoms with van der Waals surface area (Å²) in [6, 6.07) is 0. The Morgan fingerprint density at radius 2 is 2.05 bits per heavy atom. The molecule has 0 unspecified atom stereocenters. The highest BCUT2D eigenvalue weighted by Gasteiger charge is 2.15. The largest absolute Gasteiger partial charge is 0.290 e. The van der Waals surface area contributed by atoms with Crippen LogP contribution in [0.3, 0.4) is 0 Å². The maximum atomic E-state index is 11.6. The molecule has 1 aromatic heterocycles. The lowest BCUT2D eigenvalue weighted by Crippen LogP contribution is -2.13. The van der Waals surface area contributed by atoms with Gasteiger partial charge in [-0.2, -0.15) is 0 Å². The quantitative estimate of drug-likeness (QED) is 0.755. The summed E-state index contributed by atoms with van der Waals surface area (Å²) < 4.78 is 1.55. The van der Waals surface area contributed by atoms with E-state index in [0.717, 1.165) is 11.3 Å². The van der Waals surface area contributed by atoms with Gasteiger partial charge >= 0.3 is 0 Å². The number of hydrogen-bond acceptors (Lipinski definition) is 4. The van der Waals surface area contributed by atoms with E-state index >= 15 is 0 Å². The normalized spacial score (nSPS) is 17.9. The molecule has 2 aliphatic carbocycles. The van der Waals surface area contributed by atoms with Crippen molar-refractivity contribution in [2.24, 2.45) is 0 Å². The Labute approximate surface area is 109 Å². The molecular formula is C14H10N3O2. The van der Waals surface area contributed by atoms with E-state index in [0.29, 0.717) is 5.57 Å². The van der Waals surface area contributed by atoms with Gasteiger partial charge in [0.15, 0.2) is 11.6 Å². The van der Waals surface area contributed by atoms with Gasteiger partial charge in [0.1, 0.15) is 5.69 Å². The molecule has 0 N–H and O–H groups in total. The molecule has 0 aromatic carbocycles. The second-order valence-corrected chi connectivity index (χ2v) is 4.24. The van der Waals surface area contributed by atoms with Gasteiger partial charge < -0.3 is 0 Å². The first-order valence-corrected chi connectivity index (χ1v) is 5.81. The van der Waals surface area contributed by atoms with Gasteiger partial charge in [-0.15, -0.1) is 5.10 Å². The SMILES string of the molecule is O=C1C=CC(=O)C(Cn2cc(C3=C[CH]C=C3)nn2)=C1. The van der Waals surface area contributed by atoms with E-state index in [4.69, 9.17) is 0 Å². The van der Waals surface area contributed by atoms with Gasteiger partial charge in [-0.25, -0.2) is 4.68 Å². The standard InChI is InChI=1S/C14H10N3O2/c18-12-5-6-14(19)11(7-12)8-17-9-13(15-16-17)10-3-1-2-4-10/h1-7,9H,8H2. The Hall–Kier alpha value is -2.56. The highest BCUT2D eigenvalue weighted by molar-refractivity contribution is 6.17. The summed E-state index contributed by atoms with van der Waals surface area (Å²) in [5.74, 6) is -0.337.